The Morgan fingerprint density at radius 3 is 2.44 bits per heavy atom. The normalized spacial score (nSPS) is 10.6. The summed E-state index contributed by atoms with van der Waals surface area (Å²) in [7, 11) is 1.35. The third kappa shape index (κ3) is 3.76. The van der Waals surface area contributed by atoms with E-state index in [9.17, 15) is 9.59 Å². The Kier molecular flexibility index (Phi) is 4.71. The molecule has 0 fully saturated rings. The summed E-state index contributed by atoms with van der Waals surface area (Å²) in [5.41, 5.74) is 0.874. The molecule has 98 valence electrons. The Morgan fingerprint density at radius 2 is 1.94 bits per heavy atom. The molecular weight excluding hydrogens is 234 g/mol. The fraction of sp³-hybridized carbons (Fsp3) is 0.385. The molecule has 0 unspecified atom stereocenters. The van der Waals surface area contributed by atoms with Gasteiger partial charge < -0.3 is 14.8 Å². The third-order valence-corrected chi connectivity index (χ3v) is 2.42. The number of benzene rings is 1. The highest BCUT2D eigenvalue weighted by atomic mass is 16.5. The van der Waals surface area contributed by atoms with Crippen molar-refractivity contribution in [3.8, 4) is 0 Å². The molecule has 0 atom stereocenters. The van der Waals surface area contributed by atoms with Crippen molar-refractivity contribution >= 4 is 18.1 Å². The topological polar surface area (TPSA) is 64.6 Å². The van der Waals surface area contributed by atoms with Crippen LogP contribution in [0.4, 0.5) is 5.69 Å². The number of rotatable bonds is 6. The Hall–Kier alpha value is -2.04. The van der Waals surface area contributed by atoms with Crippen molar-refractivity contribution < 1.29 is 19.1 Å². The van der Waals surface area contributed by atoms with Gasteiger partial charge in [0, 0.05) is 5.69 Å². The van der Waals surface area contributed by atoms with Gasteiger partial charge in [-0.3, -0.25) is 4.79 Å². The second-order valence-electron chi connectivity index (χ2n) is 4.35. The van der Waals surface area contributed by atoms with Gasteiger partial charge in [0.25, 0.3) is 6.47 Å². The smallest absolute Gasteiger partial charge is 0.330 e. The summed E-state index contributed by atoms with van der Waals surface area (Å²) in [6, 6.07) is 7.26. The summed E-state index contributed by atoms with van der Waals surface area (Å²) in [5, 5.41) is 3.07. The zero-order chi connectivity index (χ0) is 13.6. The molecule has 5 nitrogen and oxygen atoms in total. The van der Waals surface area contributed by atoms with Crippen molar-refractivity contribution in [1.82, 2.24) is 0 Å². The van der Waals surface area contributed by atoms with E-state index in [0.717, 1.165) is 11.3 Å². The van der Waals surface area contributed by atoms with Crippen molar-refractivity contribution in [1.29, 1.82) is 0 Å². The Morgan fingerprint density at radius 1 is 1.33 bits per heavy atom. The first-order valence-electron chi connectivity index (χ1n) is 5.50. The molecular formula is C13H17NO4. The highest BCUT2D eigenvalue weighted by molar-refractivity contribution is 5.83. The van der Waals surface area contributed by atoms with Crippen molar-refractivity contribution in [2.24, 2.45) is 0 Å². The first-order chi connectivity index (χ1) is 8.49. The molecule has 1 rings (SSSR count). The molecule has 0 aliphatic rings. The van der Waals surface area contributed by atoms with E-state index in [1.165, 1.54) is 7.11 Å². The quantitative estimate of drug-likeness (QED) is 0.616. The summed E-state index contributed by atoms with van der Waals surface area (Å²) in [6.07, 6.45) is 0. The van der Waals surface area contributed by atoms with Gasteiger partial charge >= 0.3 is 5.97 Å². The van der Waals surface area contributed by atoms with Gasteiger partial charge in [-0.25, -0.2) is 4.79 Å². The number of ether oxygens (including phenoxy) is 2. The van der Waals surface area contributed by atoms with Crippen LogP contribution in [0.3, 0.4) is 0 Å². The lowest BCUT2D eigenvalue weighted by atomic mass is 10.1. The molecule has 0 amide bonds. The molecule has 0 aromatic heterocycles. The van der Waals surface area contributed by atoms with Gasteiger partial charge in [0.1, 0.15) is 12.1 Å². The van der Waals surface area contributed by atoms with Gasteiger partial charge in [-0.2, -0.15) is 0 Å². The number of carbonyl (C=O) groups excluding carboxylic acids is 2. The molecule has 18 heavy (non-hydrogen) atoms. The zero-order valence-electron chi connectivity index (χ0n) is 10.7. The molecule has 0 saturated heterocycles. The van der Waals surface area contributed by atoms with E-state index in [4.69, 9.17) is 4.74 Å². The molecule has 0 spiro atoms. The number of nitrogens with one attached hydrogen (secondary N) is 1. The third-order valence-electron chi connectivity index (χ3n) is 2.42. The second-order valence-corrected chi connectivity index (χ2v) is 4.35. The second kappa shape index (κ2) is 6.05. The van der Waals surface area contributed by atoms with E-state index in [1.807, 2.05) is 24.3 Å². The van der Waals surface area contributed by atoms with Gasteiger partial charge in [0.2, 0.25) is 0 Å². The molecule has 1 aromatic rings. The lowest BCUT2D eigenvalue weighted by Gasteiger charge is -2.24. The first-order valence-corrected chi connectivity index (χ1v) is 5.50. The van der Waals surface area contributed by atoms with Gasteiger partial charge in [-0.15, -0.1) is 0 Å². The first kappa shape index (κ1) is 14.0. The van der Waals surface area contributed by atoms with Crippen LogP contribution in [-0.4, -0.2) is 25.1 Å². The standard InChI is InChI=1S/C13H17NO4/c1-13(2,12(16)17-3)14-11-6-4-10(5-7-11)8-18-9-15/h4-7,9,14H,8H2,1-3H3. The molecule has 1 aromatic carbocycles. The predicted octanol–water partition coefficient (Wildman–Crippen LogP) is 1.72. The SMILES string of the molecule is COC(=O)C(C)(C)Nc1ccc(COC=O)cc1. The molecule has 0 radical (unpaired) electrons. The largest absolute Gasteiger partial charge is 0.467 e. The summed E-state index contributed by atoms with van der Waals surface area (Å²) in [6.45, 7) is 4.13. The van der Waals surface area contributed by atoms with E-state index in [1.54, 1.807) is 13.8 Å². The number of methoxy groups -OCH3 is 1. The Bertz CT molecular complexity index is 412. The van der Waals surface area contributed by atoms with Crippen molar-refractivity contribution in [2.75, 3.05) is 12.4 Å². The van der Waals surface area contributed by atoms with E-state index >= 15 is 0 Å². The van der Waals surface area contributed by atoms with Crippen LogP contribution in [0, 0.1) is 0 Å². The van der Waals surface area contributed by atoms with Crippen LogP contribution in [0.1, 0.15) is 19.4 Å². The number of esters is 1. The minimum atomic E-state index is -0.796. The number of carbonyl (C=O) groups is 2. The minimum absolute atomic E-state index is 0.240. The molecule has 0 aliphatic heterocycles. The molecule has 0 bridgehead atoms. The van der Waals surface area contributed by atoms with Crippen LogP contribution >= 0.6 is 0 Å². The number of anilines is 1. The maximum Gasteiger partial charge on any atom is 0.330 e. The monoisotopic (exact) mass is 251 g/mol. The molecule has 5 heteroatoms. The lowest BCUT2D eigenvalue weighted by molar-refractivity contribution is -0.144. The molecule has 0 aliphatic carbocycles. The highest BCUT2D eigenvalue weighted by Crippen LogP contribution is 2.17. The van der Waals surface area contributed by atoms with Crippen molar-refractivity contribution in [3.63, 3.8) is 0 Å². The molecule has 1 N–H and O–H groups in total. The van der Waals surface area contributed by atoms with Crippen LogP contribution in [0.5, 0.6) is 0 Å². The van der Waals surface area contributed by atoms with Gasteiger partial charge in [0.15, 0.2) is 0 Å². The molecule has 0 heterocycles. The summed E-state index contributed by atoms with van der Waals surface area (Å²) < 4.78 is 9.34. The Labute approximate surface area is 106 Å². The van der Waals surface area contributed by atoms with Crippen LogP contribution in [0.2, 0.25) is 0 Å². The maximum atomic E-state index is 11.5. The maximum absolute atomic E-state index is 11.5. The summed E-state index contributed by atoms with van der Waals surface area (Å²) >= 11 is 0. The highest BCUT2D eigenvalue weighted by Gasteiger charge is 2.28. The van der Waals surface area contributed by atoms with Gasteiger partial charge in [0.05, 0.1) is 7.11 Å². The van der Waals surface area contributed by atoms with Crippen LogP contribution in [0.25, 0.3) is 0 Å². The number of hydrogen-bond acceptors (Lipinski definition) is 5. The minimum Gasteiger partial charge on any atom is -0.467 e. The van der Waals surface area contributed by atoms with Crippen LogP contribution < -0.4 is 5.32 Å². The van der Waals surface area contributed by atoms with E-state index < -0.39 is 5.54 Å². The average Bonchev–Trinajstić information content (AvgIpc) is 2.36. The summed E-state index contributed by atoms with van der Waals surface area (Å²) in [5.74, 6) is -0.337. The fourth-order valence-electron chi connectivity index (χ4n) is 1.48. The number of hydrogen-bond donors (Lipinski definition) is 1. The zero-order valence-corrected chi connectivity index (χ0v) is 10.7. The van der Waals surface area contributed by atoms with Crippen molar-refractivity contribution in [2.45, 2.75) is 26.0 Å². The molecule has 0 saturated carbocycles. The van der Waals surface area contributed by atoms with E-state index in [2.05, 4.69) is 10.1 Å². The Balaban J connectivity index is 2.68. The van der Waals surface area contributed by atoms with Crippen molar-refractivity contribution in [3.05, 3.63) is 29.8 Å². The van der Waals surface area contributed by atoms with Gasteiger partial charge in [-0.1, -0.05) is 12.1 Å². The predicted molar refractivity (Wildman–Crippen MR) is 67.0 cm³/mol. The fourth-order valence-corrected chi connectivity index (χ4v) is 1.48. The van der Waals surface area contributed by atoms with E-state index in [0.29, 0.717) is 6.47 Å². The average molecular weight is 251 g/mol. The lowest BCUT2D eigenvalue weighted by Crippen LogP contribution is -2.41. The van der Waals surface area contributed by atoms with E-state index in [-0.39, 0.29) is 12.6 Å². The van der Waals surface area contributed by atoms with Crippen LogP contribution in [0.15, 0.2) is 24.3 Å². The summed E-state index contributed by atoms with van der Waals surface area (Å²) in [4.78, 5) is 21.6. The van der Waals surface area contributed by atoms with Gasteiger partial charge in [-0.05, 0) is 31.5 Å². The van der Waals surface area contributed by atoms with Crippen LogP contribution in [-0.2, 0) is 25.7 Å².